The third-order valence-corrected chi connectivity index (χ3v) is 1.60. The molecule has 2 aliphatic rings. The van der Waals surface area contributed by atoms with Crippen molar-refractivity contribution in [2.24, 2.45) is 4.99 Å². The van der Waals surface area contributed by atoms with E-state index < -0.39 is 0 Å². The molecule has 0 unspecified atom stereocenters. The van der Waals surface area contributed by atoms with Gasteiger partial charge in [0.1, 0.15) is 0 Å². The topological polar surface area (TPSA) is 32.6 Å². The molecule has 0 fully saturated rings. The average Bonchev–Trinajstić information content (AvgIpc) is 2.27. The van der Waals surface area contributed by atoms with Crippen LogP contribution in [0.4, 0.5) is 0 Å². The Morgan fingerprint density at radius 3 is 3.20 bits per heavy atom. The fraction of sp³-hybridized carbons (Fsp3) is 0.125. The highest BCUT2D eigenvalue weighted by molar-refractivity contribution is 5.92. The highest BCUT2D eigenvalue weighted by atomic mass is 16.3. The first-order valence-corrected chi connectivity index (χ1v) is 3.22. The summed E-state index contributed by atoms with van der Waals surface area (Å²) in [4.78, 5) is 3.90. The molecule has 0 amide bonds. The molecular formula is C8H7NO. The van der Waals surface area contributed by atoms with E-state index in [1.165, 1.54) is 0 Å². The van der Waals surface area contributed by atoms with Gasteiger partial charge in [-0.15, -0.1) is 0 Å². The summed E-state index contributed by atoms with van der Waals surface area (Å²) in [5.74, 6) is 0.130. The van der Waals surface area contributed by atoms with Crippen molar-refractivity contribution in [3.63, 3.8) is 0 Å². The number of aliphatic hydroxyl groups is 1. The molecule has 0 aromatic heterocycles. The van der Waals surface area contributed by atoms with Crippen molar-refractivity contribution in [2.45, 2.75) is 6.42 Å². The van der Waals surface area contributed by atoms with Crippen molar-refractivity contribution in [1.29, 1.82) is 0 Å². The highest BCUT2D eigenvalue weighted by Crippen LogP contribution is 2.24. The van der Waals surface area contributed by atoms with E-state index in [-0.39, 0.29) is 5.90 Å². The Bertz CT molecular complexity index is 282. The van der Waals surface area contributed by atoms with Gasteiger partial charge in [0.05, 0.1) is 5.70 Å². The molecule has 2 rings (SSSR count). The van der Waals surface area contributed by atoms with Gasteiger partial charge in [0.15, 0.2) is 0 Å². The quantitative estimate of drug-likeness (QED) is 0.536. The third-order valence-electron chi connectivity index (χ3n) is 1.60. The molecule has 50 valence electrons. The van der Waals surface area contributed by atoms with Crippen molar-refractivity contribution < 1.29 is 5.11 Å². The van der Waals surface area contributed by atoms with Crippen LogP contribution in [0.25, 0.3) is 0 Å². The molecule has 1 heterocycles. The van der Waals surface area contributed by atoms with E-state index in [0.717, 1.165) is 17.7 Å². The lowest BCUT2D eigenvalue weighted by Crippen LogP contribution is -1.84. The number of aliphatic imine (C=N–C) groups is 1. The Balaban J connectivity index is 2.45. The van der Waals surface area contributed by atoms with Crippen LogP contribution in [0.2, 0.25) is 0 Å². The summed E-state index contributed by atoms with van der Waals surface area (Å²) >= 11 is 0. The molecule has 1 N–H and O–H groups in total. The fourth-order valence-corrected chi connectivity index (χ4v) is 1.12. The summed E-state index contributed by atoms with van der Waals surface area (Å²) in [6, 6.07) is 0. The molecule has 0 aromatic rings. The molecule has 1 aliphatic heterocycles. The van der Waals surface area contributed by atoms with Crippen molar-refractivity contribution in [3.8, 4) is 0 Å². The van der Waals surface area contributed by atoms with Gasteiger partial charge in [-0.05, 0) is 18.1 Å². The first-order chi connectivity index (χ1) is 4.86. The zero-order valence-electron chi connectivity index (χ0n) is 5.41. The Morgan fingerprint density at radius 2 is 2.40 bits per heavy atom. The smallest absolute Gasteiger partial charge is 0.211 e. The standard InChI is InChI=1S/C8H7NO/c10-8-5-6-3-1-2-4-7(6)9-8/h1-2,4-5H,3H2,(H,9,10). The average molecular weight is 133 g/mol. The van der Waals surface area contributed by atoms with Crippen LogP contribution < -0.4 is 0 Å². The maximum Gasteiger partial charge on any atom is 0.211 e. The molecule has 1 aliphatic carbocycles. The second kappa shape index (κ2) is 1.84. The van der Waals surface area contributed by atoms with Crippen molar-refractivity contribution in [1.82, 2.24) is 0 Å². The number of hydrogen-bond donors (Lipinski definition) is 1. The minimum atomic E-state index is 0.130. The summed E-state index contributed by atoms with van der Waals surface area (Å²) in [6.45, 7) is 0. The van der Waals surface area contributed by atoms with Crippen LogP contribution in [0.3, 0.4) is 0 Å². The number of fused-ring (bicyclic) bond motifs is 1. The molecular weight excluding hydrogens is 126 g/mol. The lowest BCUT2D eigenvalue weighted by molar-refractivity contribution is 0.559. The number of hydrogen-bond acceptors (Lipinski definition) is 1. The predicted octanol–water partition coefficient (Wildman–Crippen LogP) is 1.73. The second-order valence-corrected chi connectivity index (χ2v) is 2.32. The van der Waals surface area contributed by atoms with E-state index in [0.29, 0.717) is 0 Å². The molecule has 0 radical (unpaired) electrons. The SMILES string of the molecule is OC1=NC2=CC=CCC2=C1. The van der Waals surface area contributed by atoms with E-state index >= 15 is 0 Å². The molecule has 0 atom stereocenters. The molecule has 2 nitrogen and oxygen atoms in total. The normalized spacial score (nSPS) is 21.4. The number of nitrogens with zero attached hydrogens (tertiary/aromatic N) is 1. The molecule has 2 heteroatoms. The van der Waals surface area contributed by atoms with Crippen LogP contribution in [0.5, 0.6) is 0 Å². The second-order valence-electron chi connectivity index (χ2n) is 2.32. The van der Waals surface area contributed by atoms with Gasteiger partial charge in [-0.2, -0.15) is 0 Å². The van der Waals surface area contributed by atoms with Gasteiger partial charge in [0.2, 0.25) is 5.90 Å². The van der Waals surface area contributed by atoms with Crippen LogP contribution in [0, 0.1) is 0 Å². The van der Waals surface area contributed by atoms with Gasteiger partial charge in [0.25, 0.3) is 0 Å². The highest BCUT2D eigenvalue weighted by Gasteiger charge is 2.12. The molecule has 0 saturated carbocycles. The summed E-state index contributed by atoms with van der Waals surface area (Å²) < 4.78 is 0. The van der Waals surface area contributed by atoms with Crippen molar-refractivity contribution in [3.05, 3.63) is 35.6 Å². The van der Waals surface area contributed by atoms with E-state index in [1.807, 2.05) is 18.2 Å². The number of allylic oxidation sites excluding steroid dienone is 4. The van der Waals surface area contributed by atoms with Gasteiger partial charge in [-0.3, -0.25) is 0 Å². The predicted molar refractivity (Wildman–Crippen MR) is 40.0 cm³/mol. The van der Waals surface area contributed by atoms with Crippen LogP contribution in [0.1, 0.15) is 6.42 Å². The fourth-order valence-electron chi connectivity index (χ4n) is 1.12. The number of aliphatic hydroxyl groups excluding tert-OH is 1. The first kappa shape index (κ1) is 5.47. The zero-order chi connectivity index (χ0) is 6.97. The van der Waals surface area contributed by atoms with Crippen molar-refractivity contribution in [2.75, 3.05) is 0 Å². The number of rotatable bonds is 0. The summed E-state index contributed by atoms with van der Waals surface area (Å²) in [7, 11) is 0. The van der Waals surface area contributed by atoms with Gasteiger partial charge in [0, 0.05) is 6.08 Å². The molecule has 0 bridgehead atoms. The van der Waals surface area contributed by atoms with Crippen LogP contribution >= 0.6 is 0 Å². The van der Waals surface area contributed by atoms with E-state index in [4.69, 9.17) is 5.11 Å². The summed E-state index contributed by atoms with van der Waals surface area (Å²) in [5.41, 5.74) is 2.01. The monoisotopic (exact) mass is 133 g/mol. The minimum absolute atomic E-state index is 0.130. The van der Waals surface area contributed by atoms with Gasteiger partial charge >= 0.3 is 0 Å². The van der Waals surface area contributed by atoms with Gasteiger partial charge in [-0.25, -0.2) is 4.99 Å². The molecule has 0 spiro atoms. The van der Waals surface area contributed by atoms with Gasteiger partial charge in [-0.1, -0.05) is 12.2 Å². The van der Waals surface area contributed by atoms with Gasteiger partial charge < -0.3 is 5.11 Å². The third kappa shape index (κ3) is 0.692. The van der Waals surface area contributed by atoms with Crippen LogP contribution in [0.15, 0.2) is 40.6 Å². The Hall–Kier alpha value is -1.31. The molecule has 0 saturated heterocycles. The maximum atomic E-state index is 8.96. The van der Waals surface area contributed by atoms with E-state index in [1.54, 1.807) is 6.08 Å². The Kier molecular flexibility index (Phi) is 1.01. The largest absolute Gasteiger partial charge is 0.493 e. The lowest BCUT2D eigenvalue weighted by Gasteiger charge is -2.01. The molecule has 0 aromatic carbocycles. The summed E-state index contributed by atoms with van der Waals surface area (Å²) in [6.07, 6.45) is 8.49. The Morgan fingerprint density at radius 1 is 1.50 bits per heavy atom. The van der Waals surface area contributed by atoms with Crippen molar-refractivity contribution >= 4 is 5.90 Å². The first-order valence-electron chi connectivity index (χ1n) is 3.22. The van der Waals surface area contributed by atoms with Crippen LogP contribution in [-0.4, -0.2) is 11.0 Å². The summed E-state index contributed by atoms with van der Waals surface area (Å²) in [5, 5.41) is 8.96. The maximum absolute atomic E-state index is 8.96. The lowest BCUT2D eigenvalue weighted by atomic mass is 10.1. The Labute approximate surface area is 58.9 Å². The zero-order valence-corrected chi connectivity index (χ0v) is 5.41. The molecule has 10 heavy (non-hydrogen) atoms. The van der Waals surface area contributed by atoms with Crippen LogP contribution in [-0.2, 0) is 0 Å². The van der Waals surface area contributed by atoms with E-state index in [2.05, 4.69) is 4.99 Å². The van der Waals surface area contributed by atoms with E-state index in [9.17, 15) is 0 Å². The minimum Gasteiger partial charge on any atom is -0.493 e.